The number of hydrogen-bond acceptors (Lipinski definition) is 3. The molecule has 0 aromatic rings. The largest absolute Gasteiger partial charge is 0.391 e. The molecule has 0 amide bonds. The fraction of sp³-hybridized carbons (Fsp3) is 0.833. The summed E-state index contributed by atoms with van der Waals surface area (Å²) in [6, 6.07) is 2.12. The van der Waals surface area contributed by atoms with Crippen molar-refractivity contribution in [1.29, 1.82) is 5.26 Å². The Morgan fingerprint density at radius 3 is 2.78 bits per heavy atom. The molecule has 1 rings (SSSR count). The maximum Gasteiger partial charge on any atom is 0.0902 e. The minimum atomic E-state index is -0.481. The number of rotatable bonds is 0. The summed E-state index contributed by atoms with van der Waals surface area (Å²) in [5.74, 6) is 1.48. The van der Waals surface area contributed by atoms with Gasteiger partial charge in [-0.2, -0.15) is 17.0 Å². The third-order valence-electron chi connectivity index (χ3n) is 1.67. The second-order valence-corrected chi connectivity index (χ2v) is 3.59. The molecule has 0 radical (unpaired) electrons. The van der Waals surface area contributed by atoms with Crippen LogP contribution in [0.1, 0.15) is 6.92 Å². The molecule has 0 saturated carbocycles. The molecular weight excluding hydrogens is 134 g/mol. The van der Waals surface area contributed by atoms with Gasteiger partial charge in [0.2, 0.25) is 0 Å². The van der Waals surface area contributed by atoms with E-state index in [4.69, 9.17) is 5.26 Å². The molecule has 3 heteroatoms. The van der Waals surface area contributed by atoms with Gasteiger partial charge >= 0.3 is 0 Å². The Morgan fingerprint density at radius 2 is 2.56 bits per heavy atom. The van der Waals surface area contributed by atoms with E-state index in [1.165, 1.54) is 0 Å². The van der Waals surface area contributed by atoms with Gasteiger partial charge in [-0.1, -0.05) is 0 Å². The van der Waals surface area contributed by atoms with Crippen LogP contribution in [-0.2, 0) is 0 Å². The fourth-order valence-electron chi connectivity index (χ4n) is 0.769. The van der Waals surface area contributed by atoms with Crippen LogP contribution in [0.2, 0.25) is 0 Å². The summed E-state index contributed by atoms with van der Waals surface area (Å²) in [5.41, 5.74) is -0.481. The summed E-state index contributed by atoms with van der Waals surface area (Å²) in [7, 11) is 0. The van der Waals surface area contributed by atoms with Crippen molar-refractivity contribution in [2.45, 2.75) is 13.0 Å². The lowest BCUT2D eigenvalue weighted by molar-refractivity contribution is 0.120. The lowest BCUT2D eigenvalue weighted by Crippen LogP contribution is -2.28. The third-order valence-corrected chi connectivity index (χ3v) is 3.02. The van der Waals surface area contributed by atoms with Gasteiger partial charge in [-0.25, -0.2) is 0 Å². The van der Waals surface area contributed by atoms with E-state index in [-0.39, 0.29) is 0 Å². The minimum Gasteiger partial charge on any atom is -0.391 e. The number of thioether (sulfide) groups is 1. The van der Waals surface area contributed by atoms with Crippen molar-refractivity contribution in [3.05, 3.63) is 0 Å². The van der Waals surface area contributed by atoms with Crippen LogP contribution in [0.5, 0.6) is 0 Å². The van der Waals surface area contributed by atoms with Crippen molar-refractivity contribution < 1.29 is 5.11 Å². The number of hydrogen-bond donors (Lipinski definition) is 1. The highest BCUT2D eigenvalue weighted by molar-refractivity contribution is 7.99. The van der Waals surface area contributed by atoms with Crippen molar-refractivity contribution in [1.82, 2.24) is 0 Å². The third kappa shape index (κ3) is 1.05. The van der Waals surface area contributed by atoms with Gasteiger partial charge in [-0.05, 0) is 6.92 Å². The maximum absolute atomic E-state index is 9.20. The molecule has 1 saturated heterocycles. The first kappa shape index (κ1) is 6.91. The predicted octanol–water partition coefficient (Wildman–Crippen LogP) is 0.624. The molecule has 0 bridgehead atoms. The molecule has 50 valence electrons. The molecule has 2 unspecified atom stereocenters. The number of nitriles is 1. The van der Waals surface area contributed by atoms with E-state index in [1.807, 2.05) is 0 Å². The smallest absolute Gasteiger partial charge is 0.0902 e. The number of aliphatic hydroxyl groups excluding tert-OH is 1. The van der Waals surface area contributed by atoms with E-state index in [9.17, 15) is 5.11 Å². The van der Waals surface area contributed by atoms with Crippen LogP contribution >= 0.6 is 11.8 Å². The lowest BCUT2D eigenvalue weighted by atomic mass is 9.90. The standard InChI is InChI=1S/C6H9NOS/c1-6(3-7)4-9-2-5(6)8/h5,8H,2,4H2,1H3. The Labute approximate surface area is 58.9 Å². The summed E-state index contributed by atoms with van der Waals surface area (Å²) in [6.07, 6.45) is -0.424. The molecule has 1 aliphatic rings. The van der Waals surface area contributed by atoms with Gasteiger partial charge in [0.1, 0.15) is 0 Å². The molecule has 2 nitrogen and oxygen atoms in total. The Kier molecular flexibility index (Phi) is 1.69. The van der Waals surface area contributed by atoms with Crippen molar-refractivity contribution in [2.24, 2.45) is 5.41 Å². The van der Waals surface area contributed by atoms with Crippen LogP contribution in [0.15, 0.2) is 0 Å². The summed E-state index contributed by atoms with van der Waals surface area (Å²) < 4.78 is 0. The zero-order valence-electron chi connectivity index (χ0n) is 5.29. The molecule has 9 heavy (non-hydrogen) atoms. The zero-order chi connectivity index (χ0) is 6.91. The molecular formula is C6H9NOS. The van der Waals surface area contributed by atoms with E-state index in [0.29, 0.717) is 5.75 Å². The van der Waals surface area contributed by atoms with Crippen LogP contribution in [0.4, 0.5) is 0 Å². The molecule has 1 heterocycles. The molecule has 2 atom stereocenters. The fourth-order valence-corrected chi connectivity index (χ4v) is 2.16. The van der Waals surface area contributed by atoms with E-state index < -0.39 is 11.5 Å². The Hall–Kier alpha value is -0.200. The van der Waals surface area contributed by atoms with Gasteiger partial charge in [0, 0.05) is 11.5 Å². The maximum atomic E-state index is 9.20. The average molecular weight is 143 g/mol. The highest BCUT2D eigenvalue weighted by Crippen LogP contribution is 2.34. The number of aliphatic hydroxyl groups is 1. The summed E-state index contributed by atoms with van der Waals surface area (Å²) >= 11 is 1.64. The minimum absolute atomic E-state index is 0.424. The second kappa shape index (κ2) is 2.20. The number of nitrogens with zero attached hydrogens (tertiary/aromatic N) is 1. The van der Waals surface area contributed by atoms with Crippen LogP contribution < -0.4 is 0 Å². The Balaban J connectivity index is 2.70. The molecule has 1 aliphatic heterocycles. The van der Waals surface area contributed by atoms with E-state index in [0.717, 1.165) is 5.75 Å². The summed E-state index contributed by atoms with van der Waals surface area (Å²) in [5, 5.41) is 17.8. The van der Waals surface area contributed by atoms with Crippen LogP contribution in [-0.4, -0.2) is 22.7 Å². The van der Waals surface area contributed by atoms with Crippen molar-refractivity contribution in [2.75, 3.05) is 11.5 Å². The highest BCUT2D eigenvalue weighted by atomic mass is 32.2. The molecule has 0 aliphatic carbocycles. The highest BCUT2D eigenvalue weighted by Gasteiger charge is 2.38. The lowest BCUT2D eigenvalue weighted by Gasteiger charge is -2.16. The molecule has 0 spiro atoms. The van der Waals surface area contributed by atoms with Gasteiger partial charge in [0.05, 0.1) is 17.6 Å². The first-order valence-electron chi connectivity index (χ1n) is 2.86. The van der Waals surface area contributed by atoms with Gasteiger partial charge in [0.15, 0.2) is 0 Å². The average Bonchev–Trinajstić information content (AvgIpc) is 2.15. The monoisotopic (exact) mass is 143 g/mol. The molecule has 1 fully saturated rings. The van der Waals surface area contributed by atoms with Gasteiger partial charge in [-0.3, -0.25) is 0 Å². The molecule has 1 N–H and O–H groups in total. The first-order chi connectivity index (χ1) is 4.19. The van der Waals surface area contributed by atoms with Gasteiger partial charge in [0.25, 0.3) is 0 Å². The zero-order valence-corrected chi connectivity index (χ0v) is 6.11. The van der Waals surface area contributed by atoms with Gasteiger partial charge in [-0.15, -0.1) is 0 Å². The van der Waals surface area contributed by atoms with Crippen molar-refractivity contribution in [3.63, 3.8) is 0 Å². The SMILES string of the molecule is CC1(C#N)CSCC1O. The second-order valence-electron chi connectivity index (χ2n) is 2.56. The van der Waals surface area contributed by atoms with Crippen molar-refractivity contribution >= 4 is 11.8 Å². The van der Waals surface area contributed by atoms with Crippen LogP contribution in [0.25, 0.3) is 0 Å². The Morgan fingerprint density at radius 1 is 1.89 bits per heavy atom. The summed E-state index contributed by atoms with van der Waals surface area (Å²) in [6.45, 7) is 1.80. The van der Waals surface area contributed by atoms with E-state index >= 15 is 0 Å². The Bertz CT molecular complexity index is 154. The van der Waals surface area contributed by atoms with Gasteiger partial charge < -0.3 is 5.11 Å². The molecule has 0 aromatic heterocycles. The van der Waals surface area contributed by atoms with E-state index in [2.05, 4.69) is 6.07 Å². The topological polar surface area (TPSA) is 44.0 Å². The quantitative estimate of drug-likeness (QED) is 0.540. The molecule has 0 aromatic carbocycles. The predicted molar refractivity (Wildman–Crippen MR) is 37.1 cm³/mol. The van der Waals surface area contributed by atoms with Crippen molar-refractivity contribution in [3.8, 4) is 6.07 Å². The normalized spacial score (nSPS) is 42.6. The van der Waals surface area contributed by atoms with Crippen LogP contribution in [0.3, 0.4) is 0 Å². The first-order valence-corrected chi connectivity index (χ1v) is 4.01. The summed E-state index contributed by atoms with van der Waals surface area (Å²) in [4.78, 5) is 0. The van der Waals surface area contributed by atoms with Crippen LogP contribution in [0, 0.1) is 16.7 Å². The van der Waals surface area contributed by atoms with E-state index in [1.54, 1.807) is 18.7 Å².